The number of methoxy groups -OCH3 is 1. The summed E-state index contributed by atoms with van der Waals surface area (Å²) in [5.41, 5.74) is 1.14. The number of rotatable bonds is 8. The highest BCUT2D eigenvalue weighted by molar-refractivity contribution is 7.13. The summed E-state index contributed by atoms with van der Waals surface area (Å²) in [6.45, 7) is 3.03. The first-order valence-corrected chi connectivity index (χ1v) is 10.0. The van der Waals surface area contributed by atoms with Crippen molar-refractivity contribution in [2.75, 3.05) is 20.3 Å². The van der Waals surface area contributed by atoms with Gasteiger partial charge in [-0.25, -0.2) is 0 Å². The molecule has 1 saturated heterocycles. The zero-order chi connectivity index (χ0) is 18.5. The van der Waals surface area contributed by atoms with E-state index in [0.717, 1.165) is 48.7 Å². The molecule has 1 aliphatic heterocycles. The lowest BCUT2D eigenvalue weighted by Gasteiger charge is -2.24. The molecule has 0 N–H and O–H groups in total. The normalized spacial score (nSPS) is 16.9. The number of ether oxygens (including phenoxy) is 2. The van der Waals surface area contributed by atoms with E-state index in [2.05, 4.69) is 21.1 Å². The molecule has 4 rings (SSSR count). The van der Waals surface area contributed by atoms with Crippen LogP contribution in [0, 0.1) is 0 Å². The van der Waals surface area contributed by atoms with E-state index in [4.69, 9.17) is 14.0 Å². The standard InChI is InChI=1S/C20H23N3O3S/c1-24-17-8-3-2-6-15(17)12-23(13-16-7-4-10-25-16)14-19-21-20(26-22-19)18-9-5-11-27-18/h2-3,5-6,8-9,11,16H,4,7,10,12-14H2,1H3/t16-/m1/s1. The van der Waals surface area contributed by atoms with E-state index in [1.54, 1.807) is 18.4 Å². The SMILES string of the molecule is COc1ccccc1CN(Cc1noc(-c2cccs2)n1)C[C@H]1CCCO1. The van der Waals surface area contributed by atoms with Crippen molar-refractivity contribution in [3.8, 4) is 16.5 Å². The number of para-hydroxylation sites is 1. The van der Waals surface area contributed by atoms with Crippen LogP contribution in [0.4, 0.5) is 0 Å². The fourth-order valence-electron chi connectivity index (χ4n) is 3.35. The minimum Gasteiger partial charge on any atom is -0.496 e. The maximum Gasteiger partial charge on any atom is 0.268 e. The lowest BCUT2D eigenvalue weighted by atomic mass is 10.1. The van der Waals surface area contributed by atoms with Crippen LogP contribution in [0.5, 0.6) is 5.75 Å². The second-order valence-electron chi connectivity index (χ2n) is 6.61. The van der Waals surface area contributed by atoms with Gasteiger partial charge in [0.2, 0.25) is 0 Å². The zero-order valence-corrected chi connectivity index (χ0v) is 16.2. The molecule has 27 heavy (non-hydrogen) atoms. The van der Waals surface area contributed by atoms with E-state index < -0.39 is 0 Å². The molecule has 1 fully saturated rings. The smallest absolute Gasteiger partial charge is 0.268 e. The third-order valence-electron chi connectivity index (χ3n) is 4.64. The van der Waals surface area contributed by atoms with Crippen LogP contribution in [0.2, 0.25) is 0 Å². The largest absolute Gasteiger partial charge is 0.496 e. The molecule has 0 aliphatic carbocycles. The molecule has 3 aromatic rings. The minimum atomic E-state index is 0.253. The van der Waals surface area contributed by atoms with Crippen molar-refractivity contribution in [1.29, 1.82) is 0 Å². The third-order valence-corrected chi connectivity index (χ3v) is 5.50. The van der Waals surface area contributed by atoms with Crippen LogP contribution in [0.3, 0.4) is 0 Å². The number of nitrogens with zero attached hydrogens (tertiary/aromatic N) is 3. The van der Waals surface area contributed by atoms with Gasteiger partial charge in [-0.15, -0.1) is 11.3 Å². The van der Waals surface area contributed by atoms with E-state index in [1.165, 1.54) is 0 Å². The second kappa shape index (κ2) is 8.65. The van der Waals surface area contributed by atoms with Gasteiger partial charge in [0.25, 0.3) is 5.89 Å². The molecule has 1 aliphatic rings. The number of thiophene rings is 1. The summed E-state index contributed by atoms with van der Waals surface area (Å²) < 4.78 is 16.8. The van der Waals surface area contributed by atoms with Crippen LogP contribution in [0.15, 0.2) is 46.3 Å². The van der Waals surface area contributed by atoms with E-state index in [0.29, 0.717) is 18.3 Å². The molecule has 7 heteroatoms. The number of benzene rings is 1. The fourth-order valence-corrected chi connectivity index (χ4v) is 4.00. The fraction of sp³-hybridized carbons (Fsp3) is 0.400. The van der Waals surface area contributed by atoms with Crippen molar-refractivity contribution in [2.24, 2.45) is 0 Å². The number of aromatic nitrogens is 2. The van der Waals surface area contributed by atoms with Gasteiger partial charge in [-0.05, 0) is 30.4 Å². The van der Waals surface area contributed by atoms with Gasteiger partial charge in [-0.1, -0.05) is 29.4 Å². The van der Waals surface area contributed by atoms with E-state index in [1.807, 2.05) is 35.7 Å². The Hall–Kier alpha value is -2.22. The molecular formula is C20H23N3O3S. The Morgan fingerprint density at radius 3 is 2.93 bits per heavy atom. The molecular weight excluding hydrogens is 362 g/mol. The monoisotopic (exact) mass is 385 g/mol. The van der Waals surface area contributed by atoms with Crippen LogP contribution < -0.4 is 4.74 Å². The first-order chi connectivity index (χ1) is 13.3. The van der Waals surface area contributed by atoms with Gasteiger partial charge in [0.05, 0.1) is 24.6 Å². The van der Waals surface area contributed by atoms with Crippen molar-refractivity contribution >= 4 is 11.3 Å². The maximum atomic E-state index is 5.84. The summed E-state index contributed by atoms with van der Waals surface area (Å²) in [5, 5.41) is 6.18. The highest BCUT2D eigenvalue weighted by Crippen LogP contribution is 2.25. The van der Waals surface area contributed by atoms with E-state index in [-0.39, 0.29) is 6.10 Å². The Labute approximate surface area is 162 Å². The first-order valence-electron chi connectivity index (χ1n) is 9.14. The molecule has 2 aromatic heterocycles. The average Bonchev–Trinajstić information content (AvgIpc) is 3.44. The summed E-state index contributed by atoms with van der Waals surface area (Å²) in [4.78, 5) is 7.86. The highest BCUT2D eigenvalue weighted by atomic mass is 32.1. The molecule has 142 valence electrons. The molecule has 0 unspecified atom stereocenters. The van der Waals surface area contributed by atoms with Crippen molar-refractivity contribution in [1.82, 2.24) is 15.0 Å². The molecule has 0 spiro atoms. The van der Waals surface area contributed by atoms with Crippen LogP contribution in [0.1, 0.15) is 24.2 Å². The molecule has 0 bridgehead atoms. The van der Waals surface area contributed by atoms with Crippen molar-refractivity contribution in [3.63, 3.8) is 0 Å². The van der Waals surface area contributed by atoms with Gasteiger partial charge in [-0.3, -0.25) is 4.90 Å². The van der Waals surface area contributed by atoms with Gasteiger partial charge in [0.15, 0.2) is 5.82 Å². The molecule has 0 saturated carbocycles. The lowest BCUT2D eigenvalue weighted by molar-refractivity contribution is 0.0664. The van der Waals surface area contributed by atoms with Crippen molar-refractivity contribution in [3.05, 3.63) is 53.2 Å². The summed E-state index contributed by atoms with van der Waals surface area (Å²) in [6, 6.07) is 12.1. The van der Waals surface area contributed by atoms with Gasteiger partial charge in [0.1, 0.15) is 5.75 Å². The molecule has 0 radical (unpaired) electrons. The van der Waals surface area contributed by atoms with E-state index >= 15 is 0 Å². The van der Waals surface area contributed by atoms with Gasteiger partial charge >= 0.3 is 0 Å². The second-order valence-corrected chi connectivity index (χ2v) is 7.56. The topological polar surface area (TPSA) is 60.6 Å². The predicted octanol–water partition coefficient (Wildman–Crippen LogP) is 3.99. The summed E-state index contributed by atoms with van der Waals surface area (Å²) in [5.74, 6) is 2.16. The van der Waals surface area contributed by atoms with Gasteiger partial charge in [0, 0.05) is 25.3 Å². The predicted molar refractivity (Wildman–Crippen MR) is 104 cm³/mol. The molecule has 1 atom stereocenters. The highest BCUT2D eigenvalue weighted by Gasteiger charge is 2.22. The Balaban J connectivity index is 1.50. The van der Waals surface area contributed by atoms with E-state index in [9.17, 15) is 0 Å². The Morgan fingerprint density at radius 1 is 1.22 bits per heavy atom. The van der Waals surface area contributed by atoms with Crippen LogP contribution in [-0.2, 0) is 17.8 Å². The molecule has 6 nitrogen and oxygen atoms in total. The third kappa shape index (κ3) is 4.55. The van der Waals surface area contributed by atoms with Gasteiger partial charge in [-0.2, -0.15) is 4.98 Å². The average molecular weight is 385 g/mol. The number of hydrogen-bond acceptors (Lipinski definition) is 7. The molecule has 3 heterocycles. The quantitative estimate of drug-likeness (QED) is 0.584. The van der Waals surface area contributed by atoms with Crippen molar-refractivity contribution < 1.29 is 14.0 Å². The van der Waals surface area contributed by atoms with Crippen molar-refractivity contribution in [2.45, 2.75) is 32.0 Å². The molecule has 0 amide bonds. The minimum absolute atomic E-state index is 0.253. The lowest BCUT2D eigenvalue weighted by Crippen LogP contribution is -2.32. The summed E-state index contributed by atoms with van der Waals surface area (Å²) in [7, 11) is 1.70. The Kier molecular flexibility index (Phi) is 5.81. The first kappa shape index (κ1) is 18.2. The zero-order valence-electron chi connectivity index (χ0n) is 15.3. The summed E-state index contributed by atoms with van der Waals surface area (Å²) >= 11 is 1.60. The van der Waals surface area contributed by atoms with Crippen LogP contribution in [0.25, 0.3) is 10.8 Å². The van der Waals surface area contributed by atoms with Gasteiger partial charge < -0.3 is 14.0 Å². The van der Waals surface area contributed by atoms with Crippen LogP contribution in [-0.4, -0.2) is 41.4 Å². The Morgan fingerprint density at radius 2 is 2.15 bits per heavy atom. The maximum absolute atomic E-state index is 5.84. The Bertz CT molecular complexity index is 844. The molecule has 1 aromatic carbocycles. The number of hydrogen-bond donors (Lipinski definition) is 0. The van der Waals surface area contributed by atoms with Crippen LogP contribution >= 0.6 is 11.3 Å². The summed E-state index contributed by atoms with van der Waals surface area (Å²) in [6.07, 6.45) is 2.47.